The van der Waals surface area contributed by atoms with Crippen LogP contribution in [0, 0.1) is 0 Å². The summed E-state index contributed by atoms with van der Waals surface area (Å²) in [4.78, 5) is 25.6. The number of amides is 2. The molecule has 0 aliphatic carbocycles. The number of piperidine rings is 1. The summed E-state index contributed by atoms with van der Waals surface area (Å²) in [5.74, 6) is 0. The highest BCUT2D eigenvalue weighted by Gasteiger charge is 2.45. The van der Waals surface area contributed by atoms with Crippen molar-refractivity contribution in [3.63, 3.8) is 0 Å². The molecule has 146 valence electrons. The molecule has 4 rings (SSSR count). The Morgan fingerprint density at radius 3 is 2.29 bits per heavy atom. The Balaban J connectivity index is 1.33. The number of likely N-dealkylation sites (tertiary alicyclic amines) is 1. The molecule has 2 aliphatic rings. The van der Waals surface area contributed by atoms with Gasteiger partial charge < -0.3 is 19.7 Å². The number of urea groups is 1. The van der Waals surface area contributed by atoms with Crippen molar-refractivity contribution in [2.45, 2.75) is 31.4 Å². The molecule has 0 saturated carbocycles. The number of ether oxygens (including phenoxy) is 2. The number of nitrogens with zero attached hydrogens (tertiary/aromatic N) is 1. The van der Waals surface area contributed by atoms with E-state index in [0.717, 1.165) is 11.1 Å². The summed E-state index contributed by atoms with van der Waals surface area (Å²) in [6.45, 7) is 3.35. The highest BCUT2D eigenvalue weighted by Crippen LogP contribution is 2.31. The van der Waals surface area contributed by atoms with E-state index in [2.05, 4.69) is 29.6 Å². The number of cyclic esters (lactones) is 1. The van der Waals surface area contributed by atoms with Crippen molar-refractivity contribution in [3.05, 3.63) is 60.2 Å². The maximum Gasteiger partial charge on any atom is 0.509 e. The summed E-state index contributed by atoms with van der Waals surface area (Å²) >= 11 is 0. The minimum Gasteiger partial charge on any atom is -0.430 e. The van der Waals surface area contributed by atoms with E-state index >= 15 is 0 Å². The fraction of sp³-hybridized carbons (Fsp3) is 0.364. The zero-order chi connectivity index (χ0) is 19.6. The van der Waals surface area contributed by atoms with Gasteiger partial charge in [0.25, 0.3) is 0 Å². The zero-order valence-electron chi connectivity index (χ0n) is 15.9. The van der Waals surface area contributed by atoms with E-state index in [9.17, 15) is 9.59 Å². The summed E-state index contributed by atoms with van der Waals surface area (Å²) in [5.41, 5.74) is 2.83. The molecular formula is C22H24N2O4. The van der Waals surface area contributed by atoms with Crippen LogP contribution in [0.15, 0.2) is 54.6 Å². The van der Waals surface area contributed by atoms with E-state index in [4.69, 9.17) is 9.47 Å². The predicted octanol–water partition coefficient (Wildman–Crippen LogP) is 4.13. The maximum absolute atomic E-state index is 12.6. The Bertz CT molecular complexity index is 843. The van der Waals surface area contributed by atoms with Gasteiger partial charge >= 0.3 is 12.2 Å². The van der Waals surface area contributed by atoms with Crippen molar-refractivity contribution in [3.8, 4) is 11.1 Å². The van der Waals surface area contributed by atoms with Crippen LogP contribution in [0.4, 0.5) is 9.59 Å². The fourth-order valence-electron chi connectivity index (χ4n) is 3.74. The van der Waals surface area contributed by atoms with Crippen molar-refractivity contribution in [2.24, 2.45) is 0 Å². The molecule has 1 spiro atoms. The summed E-state index contributed by atoms with van der Waals surface area (Å²) in [7, 11) is 0. The minimum atomic E-state index is -0.606. The number of carbonyl (C=O) groups excluding carboxylic acids is 2. The summed E-state index contributed by atoms with van der Waals surface area (Å²) < 4.78 is 10.2. The minimum absolute atomic E-state index is 0.0964. The van der Waals surface area contributed by atoms with Crippen molar-refractivity contribution in [1.82, 2.24) is 10.2 Å². The maximum atomic E-state index is 12.6. The SMILES string of the molecule is C[C@@H](NC(=O)N1CCC2(CC1)COC(=O)O2)c1ccc(-c2ccccc2)cc1. The lowest BCUT2D eigenvalue weighted by Crippen LogP contribution is -2.51. The molecule has 0 unspecified atom stereocenters. The van der Waals surface area contributed by atoms with Crippen LogP contribution in [0.3, 0.4) is 0 Å². The number of nitrogens with one attached hydrogen (secondary N) is 1. The molecule has 2 heterocycles. The molecule has 0 radical (unpaired) electrons. The molecule has 2 fully saturated rings. The predicted molar refractivity (Wildman–Crippen MR) is 105 cm³/mol. The lowest BCUT2D eigenvalue weighted by Gasteiger charge is -2.36. The molecule has 6 heteroatoms. The average molecular weight is 380 g/mol. The molecule has 28 heavy (non-hydrogen) atoms. The van der Waals surface area contributed by atoms with Gasteiger partial charge in [-0.1, -0.05) is 54.6 Å². The van der Waals surface area contributed by atoms with E-state index in [-0.39, 0.29) is 18.7 Å². The third-order valence-electron chi connectivity index (χ3n) is 5.57. The molecule has 1 N–H and O–H groups in total. The van der Waals surface area contributed by atoms with Crippen LogP contribution >= 0.6 is 0 Å². The second kappa shape index (κ2) is 7.54. The van der Waals surface area contributed by atoms with Gasteiger partial charge in [-0.15, -0.1) is 0 Å². The molecule has 2 aromatic rings. The second-order valence-electron chi connectivity index (χ2n) is 7.47. The number of carbonyl (C=O) groups is 2. The van der Waals surface area contributed by atoms with Gasteiger partial charge in [0.15, 0.2) is 5.60 Å². The highest BCUT2D eigenvalue weighted by atomic mass is 16.8. The van der Waals surface area contributed by atoms with E-state index in [1.807, 2.05) is 37.3 Å². The van der Waals surface area contributed by atoms with E-state index < -0.39 is 11.8 Å². The van der Waals surface area contributed by atoms with Gasteiger partial charge in [0.1, 0.15) is 6.61 Å². The first-order valence-corrected chi connectivity index (χ1v) is 9.61. The van der Waals surface area contributed by atoms with Gasteiger partial charge in [-0.25, -0.2) is 9.59 Å². The van der Waals surface area contributed by atoms with Crippen LogP contribution in [-0.2, 0) is 9.47 Å². The first kappa shape index (κ1) is 18.3. The van der Waals surface area contributed by atoms with E-state index in [1.54, 1.807) is 4.90 Å². The Morgan fingerprint density at radius 1 is 1.04 bits per heavy atom. The van der Waals surface area contributed by atoms with Gasteiger partial charge in [0.2, 0.25) is 0 Å². The standard InChI is InChI=1S/C22H24N2O4/c1-16(17-7-9-19(10-8-17)18-5-3-2-4-6-18)23-20(25)24-13-11-22(12-14-24)15-27-21(26)28-22/h2-10,16H,11-15H2,1H3,(H,23,25)/t16-/m1/s1. The number of hydrogen-bond acceptors (Lipinski definition) is 4. The molecule has 2 aliphatic heterocycles. The number of rotatable bonds is 3. The van der Waals surface area contributed by atoms with Crippen molar-refractivity contribution in [1.29, 1.82) is 0 Å². The molecule has 2 saturated heterocycles. The smallest absolute Gasteiger partial charge is 0.430 e. The zero-order valence-corrected chi connectivity index (χ0v) is 15.9. The summed E-state index contributed by atoms with van der Waals surface area (Å²) in [5, 5.41) is 3.06. The molecule has 0 aromatic heterocycles. The van der Waals surface area contributed by atoms with E-state index in [0.29, 0.717) is 25.9 Å². The van der Waals surface area contributed by atoms with Crippen molar-refractivity contribution >= 4 is 12.2 Å². The van der Waals surface area contributed by atoms with Crippen LogP contribution in [0.25, 0.3) is 11.1 Å². The first-order valence-electron chi connectivity index (χ1n) is 9.61. The Labute approximate surface area is 164 Å². The van der Waals surface area contributed by atoms with Crippen LogP contribution in [-0.4, -0.2) is 42.4 Å². The number of hydrogen-bond donors (Lipinski definition) is 1. The van der Waals surface area contributed by atoms with E-state index in [1.165, 1.54) is 5.56 Å². The fourth-order valence-corrected chi connectivity index (χ4v) is 3.74. The Kier molecular flexibility index (Phi) is 4.94. The van der Waals surface area contributed by atoms with Gasteiger partial charge in [-0.2, -0.15) is 0 Å². The van der Waals surface area contributed by atoms with Crippen molar-refractivity contribution in [2.75, 3.05) is 19.7 Å². The molecule has 0 bridgehead atoms. The lowest BCUT2D eigenvalue weighted by atomic mass is 9.92. The molecule has 2 aromatic carbocycles. The number of benzene rings is 2. The molecular weight excluding hydrogens is 356 g/mol. The van der Waals surface area contributed by atoms with Crippen LogP contribution < -0.4 is 5.32 Å². The first-order chi connectivity index (χ1) is 13.5. The Morgan fingerprint density at radius 2 is 1.68 bits per heavy atom. The summed E-state index contributed by atoms with van der Waals surface area (Å²) in [6, 6.07) is 18.3. The Hall–Kier alpha value is -3.02. The van der Waals surface area contributed by atoms with Gasteiger partial charge in [-0.3, -0.25) is 0 Å². The van der Waals surface area contributed by atoms with Gasteiger partial charge in [-0.05, 0) is 23.6 Å². The monoisotopic (exact) mass is 380 g/mol. The van der Waals surface area contributed by atoms with Gasteiger partial charge in [0.05, 0.1) is 6.04 Å². The molecule has 1 atom stereocenters. The normalized spacial score (nSPS) is 19.0. The largest absolute Gasteiger partial charge is 0.509 e. The van der Waals surface area contributed by atoms with Gasteiger partial charge in [0, 0.05) is 25.9 Å². The highest BCUT2D eigenvalue weighted by molar-refractivity contribution is 5.75. The topological polar surface area (TPSA) is 67.9 Å². The van der Waals surface area contributed by atoms with Crippen LogP contribution in [0.1, 0.15) is 31.4 Å². The lowest BCUT2D eigenvalue weighted by molar-refractivity contribution is 0.00917. The third kappa shape index (κ3) is 3.81. The van der Waals surface area contributed by atoms with Crippen LogP contribution in [0.2, 0.25) is 0 Å². The van der Waals surface area contributed by atoms with Crippen LogP contribution in [0.5, 0.6) is 0 Å². The molecule has 2 amide bonds. The summed E-state index contributed by atoms with van der Waals surface area (Å²) in [6.07, 6.45) is 0.601. The second-order valence-corrected chi connectivity index (χ2v) is 7.47. The third-order valence-corrected chi connectivity index (χ3v) is 5.57. The molecule has 6 nitrogen and oxygen atoms in total. The van der Waals surface area contributed by atoms with Crippen molar-refractivity contribution < 1.29 is 19.1 Å². The quantitative estimate of drug-likeness (QED) is 0.813. The average Bonchev–Trinajstić information content (AvgIpc) is 3.09.